The topological polar surface area (TPSA) is 126 Å². The molecule has 0 spiro atoms. The van der Waals surface area contributed by atoms with Gasteiger partial charge in [0.1, 0.15) is 5.01 Å². The Hall–Kier alpha value is -2.92. The number of aromatic amines is 1. The molecular weight excluding hydrogens is 510 g/mol. The molecule has 1 aromatic carbocycles. The summed E-state index contributed by atoms with van der Waals surface area (Å²) in [4.78, 5) is 18.1. The van der Waals surface area contributed by atoms with Gasteiger partial charge < -0.3 is 15.4 Å². The number of hydrogen-bond donors (Lipinski definition) is 3. The van der Waals surface area contributed by atoms with Gasteiger partial charge in [0.15, 0.2) is 15.7 Å². The zero-order valence-corrected chi connectivity index (χ0v) is 22.9. The summed E-state index contributed by atoms with van der Waals surface area (Å²) in [6, 6.07) is 7.42. The number of rotatable bonds is 8. The minimum absolute atomic E-state index is 0.114. The van der Waals surface area contributed by atoms with Gasteiger partial charge in [-0.3, -0.25) is 5.10 Å². The van der Waals surface area contributed by atoms with E-state index in [0.717, 1.165) is 41.3 Å². The molecule has 1 amide bonds. The quantitative estimate of drug-likeness (QED) is 0.333. The number of amides is 1. The number of nitrogens with one attached hydrogen (secondary N) is 3. The van der Waals surface area contributed by atoms with Crippen LogP contribution in [0.2, 0.25) is 0 Å². The summed E-state index contributed by atoms with van der Waals surface area (Å²) in [5.41, 5.74) is 2.24. The summed E-state index contributed by atoms with van der Waals surface area (Å²) in [6.07, 6.45) is 6.41. The Morgan fingerprint density at radius 3 is 2.54 bits per heavy atom. The first-order chi connectivity index (χ1) is 17.7. The molecule has 2 aliphatic carbocycles. The number of aromatic nitrogens is 3. The van der Waals surface area contributed by atoms with Crippen molar-refractivity contribution in [3.63, 3.8) is 0 Å². The third-order valence-corrected chi connectivity index (χ3v) is 10.3. The fourth-order valence-electron chi connectivity index (χ4n) is 4.74. The molecule has 0 saturated heterocycles. The lowest BCUT2D eigenvalue weighted by Crippen LogP contribution is -2.38. The van der Waals surface area contributed by atoms with Crippen LogP contribution in [-0.4, -0.2) is 47.1 Å². The summed E-state index contributed by atoms with van der Waals surface area (Å²) in [6.45, 7) is 5.58. The summed E-state index contributed by atoms with van der Waals surface area (Å²) >= 11 is 1.57. The first-order valence-electron chi connectivity index (χ1n) is 12.8. The van der Waals surface area contributed by atoms with Gasteiger partial charge in [0.25, 0.3) is 0 Å². The van der Waals surface area contributed by atoms with Gasteiger partial charge >= 0.3 is 6.09 Å². The monoisotopic (exact) mass is 543 g/mol. The first-order valence-corrected chi connectivity index (χ1v) is 15.2. The highest BCUT2D eigenvalue weighted by molar-refractivity contribution is 7.92. The third kappa shape index (κ3) is 5.98. The van der Waals surface area contributed by atoms with Crippen molar-refractivity contribution in [2.75, 3.05) is 5.32 Å². The highest BCUT2D eigenvalue weighted by atomic mass is 32.2. The molecule has 2 saturated carbocycles. The maximum atomic E-state index is 13.4. The van der Waals surface area contributed by atoms with E-state index < -0.39 is 9.84 Å². The molecule has 9 nitrogen and oxygen atoms in total. The molecule has 0 aliphatic heterocycles. The summed E-state index contributed by atoms with van der Waals surface area (Å²) in [5.74, 6) is 0.983. The van der Waals surface area contributed by atoms with Crippen LogP contribution < -0.4 is 10.6 Å². The fourth-order valence-corrected chi connectivity index (χ4v) is 7.80. The van der Waals surface area contributed by atoms with Gasteiger partial charge in [0, 0.05) is 40.1 Å². The number of nitrogens with zero attached hydrogens (tertiary/aromatic N) is 2. The van der Waals surface area contributed by atoms with E-state index in [4.69, 9.17) is 4.74 Å². The SMILES string of the molecule is Cc1cc(Nc2ccc(-c3ncc([C@H]4CC[C@@H](NC(=O)OC(C)C)CC4)s3)c(S(=O)(=O)C3CC3)c2)n[nH]1. The smallest absolute Gasteiger partial charge is 0.407 e. The second-order valence-electron chi connectivity index (χ2n) is 10.2. The Bertz CT molecular complexity index is 1370. The van der Waals surface area contributed by atoms with Crippen LogP contribution in [0.3, 0.4) is 0 Å². The van der Waals surface area contributed by atoms with Gasteiger partial charge in [-0.25, -0.2) is 18.2 Å². The van der Waals surface area contributed by atoms with Gasteiger partial charge in [-0.2, -0.15) is 5.10 Å². The number of benzene rings is 1. The van der Waals surface area contributed by atoms with Crippen LogP contribution >= 0.6 is 11.3 Å². The van der Waals surface area contributed by atoms with Gasteiger partial charge in [0.05, 0.1) is 16.2 Å². The van der Waals surface area contributed by atoms with Crippen molar-refractivity contribution in [3.8, 4) is 10.6 Å². The van der Waals surface area contributed by atoms with Crippen LogP contribution in [0.1, 0.15) is 68.9 Å². The second kappa shape index (κ2) is 10.4. The number of carbonyl (C=O) groups excluding carboxylic acids is 1. The molecule has 2 aliphatic rings. The van der Waals surface area contributed by atoms with Crippen LogP contribution in [-0.2, 0) is 14.6 Å². The molecule has 0 atom stereocenters. The van der Waals surface area contributed by atoms with Crippen LogP contribution in [0.5, 0.6) is 0 Å². The Morgan fingerprint density at radius 2 is 1.89 bits per heavy atom. The number of anilines is 2. The van der Waals surface area contributed by atoms with Gasteiger partial charge in [0.2, 0.25) is 0 Å². The van der Waals surface area contributed by atoms with Gasteiger partial charge in [-0.1, -0.05) is 0 Å². The molecule has 5 rings (SSSR count). The highest BCUT2D eigenvalue weighted by Crippen LogP contribution is 2.43. The fraction of sp³-hybridized carbons (Fsp3) is 0.500. The van der Waals surface area contributed by atoms with Gasteiger partial charge in [-0.05, 0) is 83.4 Å². The predicted molar refractivity (Wildman–Crippen MR) is 144 cm³/mol. The average molecular weight is 544 g/mol. The molecule has 3 N–H and O–H groups in total. The second-order valence-corrected chi connectivity index (χ2v) is 13.5. The van der Waals surface area contributed by atoms with Crippen LogP contribution in [0.15, 0.2) is 35.4 Å². The van der Waals surface area contributed by atoms with Crippen LogP contribution in [0.25, 0.3) is 10.6 Å². The molecule has 2 heterocycles. The maximum Gasteiger partial charge on any atom is 0.407 e. The van der Waals surface area contributed by atoms with Gasteiger partial charge in [-0.15, -0.1) is 11.3 Å². The number of thiazole rings is 1. The molecule has 0 radical (unpaired) electrons. The molecule has 2 aromatic heterocycles. The number of hydrogen-bond acceptors (Lipinski definition) is 8. The number of carbonyl (C=O) groups is 1. The van der Waals surface area contributed by atoms with Crippen molar-refractivity contribution in [2.24, 2.45) is 0 Å². The Morgan fingerprint density at radius 1 is 1.14 bits per heavy atom. The third-order valence-electron chi connectivity index (χ3n) is 6.78. The minimum atomic E-state index is -3.45. The Labute approximate surface area is 221 Å². The Kier molecular flexibility index (Phi) is 7.26. The van der Waals surface area contributed by atoms with Crippen molar-refractivity contribution < 1.29 is 17.9 Å². The lowest BCUT2D eigenvalue weighted by Gasteiger charge is -2.28. The summed E-state index contributed by atoms with van der Waals surface area (Å²) in [7, 11) is -3.45. The molecule has 3 aromatic rings. The lowest BCUT2D eigenvalue weighted by atomic mass is 9.85. The Balaban J connectivity index is 1.33. The molecule has 198 valence electrons. The van der Waals surface area contributed by atoms with E-state index in [1.807, 2.05) is 45.2 Å². The predicted octanol–water partition coefficient (Wildman–Crippen LogP) is 5.68. The van der Waals surface area contributed by atoms with E-state index in [9.17, 15) is 13.2 Å². The normalized spacial score (nSPS) is 20.1. The van der Waals surface area contributed by atoms with E-state index in [-0.39, 0.29) is 23.5 Å². The standard InChI is InChI=1S/C26H33N5O4S2/c1-15(2)35-26(32)29-18-6-4-17(5-7-18)22-14-27-25(36-22)21-11-8-19(28-24-12-16(3)30-31-24)13-23(21)37(33,34)20-9-10-20/h8,11-15,17-18,20H,4-7,9-10H2,1-3H3,(H,29,32)(H2,28,30,31)/t17-,18+. The highest BCUT2D eigenvalue weighted by Gasteiger charge is 2.39. The number of aryl methyl sites for hydroxylation is 1. The van der Waals surface area contributed by atoms with Crippen molar-refractivity contribution in [3.05, 3.63) is 41.0 Å². The van der Waals surface area contributed by atoms with E-state index >= 15 is 0 Å². The zero-order chi connectivity index (χ0) is 26.2. The average Bonchev–Trinajstić information content (AvgIpc) is 3.48. The molecule has 0 unspecified atom stereocenters. The maximum absolute atomic E-state index is 13.4. The van der Waals surface area contributed by atoms with E-state index in [0.29, 0.717) is 40.7 Å². The number of H-pyrrole nitrogens is 1. The van der Waals surface area contributed by atoms with Crippen LogP contribution in [0, 0.1) is 6.92 Å². The van der Waals surface area contributed by atoms with E-state index in [1.165, 1.54) is 0 Å². The minimum Gasteiger partial charge on any atom is -0.447 e. The van der Waals surface area contributed by atoms with E-state index in [1.54, 1.807) is 17.4 Å². The van der Waals surface area contributed by atoms with Crippen molar-refractivity contribution in [1.82, 2.24) is 20.5 Å². The van der Waals surface area contributed by atoms with E-state index in [2.05, 4.69) is 25.8 Å². The van der Waals surface area contributed by atoms with Crippen LogP contribution in [0.4, 0.5) is 16.3 Å². The molecule has 2 fully saturated rings. The number of ether oxygens (including phenoxy) is 1. The molecule has 37 heavy (non-hydrogen) atoms. The molecule has 11 heteroatoms. The zero-order valence-electron chi connectivity index (χ0n) is 21.3. The molecular formula is C26H33N5O4S2. The van der Waals surface area contributed by atoms with Crippen molar-refractivity contribution in [2.45, 2.75) is 87.5 Å². The van der Waals surface area contributed by atoms with Crippen molar-refractivity contribution >= 4 is 38.8 Å². The first kappa shape index (κ1) is 25.7. The largest absolute Gasteiger partial charge is 0.447 e. The molecule has 0 bridgehead atoms. The number of alkyl carbamates (subject to hydrolysis) is 1. The summed E-state index contributed by atoms with van der Waals surface area (Å²) < 4.78 is 32.0. The summed E-state index contributed by atoms with van der Waals surface area (Å²) in [5, 5.41) is 13.6. The number of sulfone groups is 1. The van der Waals surface area contributed by atoms with Crippen molar-refractivity contribution in [1.29, 1.82) is 0 Å². The lowest BCUT2D eigenvalue weighted by molar-refractivity contribution is 0.109.